The minimum absolute atomic E-state index is 0.480. The molecule has 0 radical (unpaired) electrons. The maximum absolute atomic E-state index is 11.3. The quantitative estimate of drug-likeness (QED) is 0.642. The lowest BCUT2D eigenvalue weighted by Gasteiger charge is -2.17. The van der Waals surface area contributed by atoms with Crippen LogP contribution in [0.5, 0.6) is 0 Å². The molecule has 0 aromatic rings. The van der Waals surface area contributed by atoms with Crippen LogP contribution in [0.2, 0.25) is 0 Å². The van der Waals surface area contributed by atoms with E-state index in [1.807, 2.05) is 4.72 Å². The number of carboxylic acid groups (broad SMARTS) is 1. The Labute approximate surface area is 94.8 Å². The van der Waals surface area contributed by atoms with E-state index < -0.39 is 42.9 Å². The molecular weight excluding hydrogens is 258 g/mol. The number of rotatable bonds is 6. The summed E-state index contributed by atoms with van der Waals surface area (Å²) in [5.41, 5.74) is 0. The first-order valence-electron chi connectivity index (χ1n) is 4.35. The second-order valence-electron chi connectivity index (χ2n) is 3.84. The lowest BCUT2D eigenvalue weighted by molar-refractivity contribution is -0.140. The molecule has 0 amide bonds. The van der Waals surface area contributed by atoms with E-state index in [0.717, 1.165) is 6.26 Å². The standard InChI is InChI=1S/C7H15NO6S2/c1-5(2)6(7(9)10)8-16(13,14)4-15(3,11)12/h5-6,8H,4H2,1-3H3,(H,9,10)/t6-/m0/s1. The number of sulfone groups is 1. The van der Waals surface area contributed by atoms with Crippen LogP contribution < -0.4 is 4.72 Å². The van der Waals surface area contributed by atoms with E-state index in [0.29, 0.717) is 0 Å². The highest BCUT2D eigenvalue weighted by molar-refractivity contribution is 8.06. The van der Waals surface area contributed by atoms with E-state index in [2.05, 4.69) is 0 Å². The molecule has 0 heterocycles. The molecule has 0 saturated heterocycles. The molecule has 9 heteroatoms. The van der Waals surface area contributed by atoms with Crippen molar-refractivity contribution in [3.8, 4) is 0 Å². The Balaban J connectivity index is 4.89. The van der Waals surface area contributed by atoms with Crippen LogP contribution in [0.4, 0.5) is 0 Å². The summed E-state index contributed by atoms with van der Waals surface area (Å²) in [5.74, 6) is -1.82. The second kappa shape index (κ2) is 5.11. The third kappa shape index (κ3) is 6.03. The Morgan fingerprint density at radius 1 is 1.25 bits per heavy atom. The van der Waals surface area contributed by atoms with E-state index in [4.69, 9.17) is 5.11 Å². The van der Waals surface area contributed by atoms with Crippen molar-refractivity contribution in [3.05, 3.63) is 0 Å². The van der Waals surface area contributed by atoms with Crippen molar-refractivity contribution in [2.75, 3.05) is 11.3 Å². The second-order valence-corrected chi connectivity index (χ2v) is 8.10. The first-order valence-corrected chi connectivity index (χ1v) is 8.06. The van der Waals surface area contributed by atoms with Crippen molar-refractivity contribution in [2.24, 2.45) is 5.92 Å². The fraction of sp³-hybridized carbons (Fsp3) is 0.857. The van der Waals surface area contributed by atoms with Gasteiger partial charge in [-0.25, -0.2) is 16.8 Å². The van der Waals surface area contributed by atoms with Crippen LogP contribution >= 0.6 is 0 Å². The van der Waals surface area contributed by atoms with Crippen LogP contribution in [-0.4, -0.2) is 45.3 Å². The molecule has 0 unspecified atom stereocenters. The molecule has 0 aliphatic heterocycles. The molecule has 1 atom stereocenters. The van der Waals surface area contributed by atoms with E-state index >= 15 is 0 Å². The molecule has 16 heavy (non-hydrogen) atoms. The third-order valence-electron chi connectivity index (χ3n) is 1.61. The van der Waals surface area contributed by atoms with E-state index in [1.165, 1.54) is 13.8 Å². The van der Waals surface area contributed by atoms with E-state index in [9.17, 15) is 21.6 Å². The molecule has 0 rings (SSSR count). The lowest BCUT2D eigenvalue weighted by atomic mass is 10.1. The van der Waals surface area contributed by atoms with Gasteiger partial charge >= 0.3 is 5.97 Å². The van der Waals surface area contributed by atoms with Crippen molar-refractivity contribution in [2.45, 2.75) is 19.9 Å². The highest BCUT2D eigenvalue weighted by Crippen LogP contribution is 2.04. The molecule has 0 aromatic heterocycles. The molecule has 96 valence electrons. The summed E-state index contributed by atoms with van der Waals surface area (Å²) in [7, 11) is -7.87. The number of carbonyl (C=O) groups is 1. The number of aliphatic carboxylic acids is 1. The Bertz CT molecular complexity index is 449. The Hall–Kier alpha value is -0.670. The zero-order valence-corrected chi connectivity index (χ0v) is 10.8. The molecular formula is C7H15NO6S2. The summed E-state index contributed by atoms with van der Waals surface area (Å²) in [6, 6.07) is -1.33. The van der Waals surface area contributed by atoms with Gasteiger partial charge in [0.25, 0.3) is 0 Å². The van der Waals surface area contributed by atoms with Gasteiger partial charge in [0, 0.05) is 6.26 Å². The predicted molar refractivity (Wildman–Crippen MR) is 58.0 cm³/mol. The summed E-state index contributed by atoms with van der Waals surface area (Å²) in [6.07, 6.45) is 0.761. The van der Waals surface area contributed by atoms with Gasteiger partial charge in [0.15, 0.2) is 14.9 Å². The first-order chi connectivity index (χ1) is 6.94. The number of nitrogens with one attached hydrogen (secondary N) is 1. The van der Waals surface area contributed by atoms with Gasteiger partial charge in [-0.2, -0.15) is 4.72 Å². The summed E-state index contributed by atoms with van der Waals surface area (Å²) in [5, 5.41) is 7.61. The topological polar surface area (TPSA) is 118 Å². The summed E-state index contributed by atoms with van der Waals surface area (Å²) >= 11 is 0. The van der Waals surface area contributed by atoms with E-state index in [1.54, 1.807) is 0 Å². The smallest absolute Gasteiger partial charge is 0.321 e. The first kappa shape index (κ1) is 15.3. The summed E-state index contributed by atoms with van der Waals surface area (Å²) in [6.45, 7) is 3.03. The van der Waals surface area contributed by atoms with Crippen molar-refractivity contribution >= 4 is 25.8 Å². The monoisotopic (exact) mass is 273 g/mol. The molecule has 0 spiro atoms. The van der Waals surface area contributed by atoms with Gasteiger partial charge in [-0.3, -0.25) is 4.79 Å². The van der Waals surface area contributed by atoms with Crippen molar-refractivity contribution in [1.29, 1.82) is 0 Å². The van der Waals surface area contributed by atoms with E-state index in [-0.39, 0.29) is 0 Å². The number of hydrogen-bond donors (Lipinski definition) is 2. The van der Waals surface area contributed by atoms with Gasteiger partial charge < -0.3 is 5.11 Å². The lowest BCUT2D eigenvalue weighted by Crippen LogP contribution is -2.45. The van der Waals surface area contributed by atoms with Gasteiger partial charge in [-0.15, -0.1) is 0 Å². The number of sulfonamides is 1. The number of hydrogen-bond acceptors (Lipinski definition) is 5. The molecule has 2 N–H and O–H groups in total. The average molecular weight is 273 g/mol. The highest BCUT2D eigenvalue weighted by atomic mass is 32.3. The zero-order chi connectivity index (χ0) is 13.1. The Morgan fingerprint density at radius 2 is 1.69 bits per heavy atom. The summed E-state index contributed by atoms with van der Waals surface area (Å²) < 4.78 is 46.1. The van der Waals surface area contributed by atoms with Crippen molar-refractivity contribution in [1.82, 2.24) is 4.72 Å². The van der Waals surface area contributed by atoms with Crippen molar-refractivity contribution in [3.63, 3.8) is 0 Å². The Kier molecular flexibility index (Phi) is 4.89. The maximum Gasteiger partial charge on any atom is 0.321 e. The largest absolute Gasteiger partial charge is 0.480 e. The molecule has 0 saturated carbocycles. The molecule has 0 fully saturated rings. The Morgan fingerprint density at radius 3 is 1.94 bits per heavy atom. The van der Waals surface area contributed by atoms with Gasteiger partial charge in [0.2, 0.25) is 10.0 Å². The van der Waals surface area contributed by atoms with Crippen molar-refractivity contribution < 1.29 is 26.7 Å². The minimum Gasteiger partial charge on any atom is -0.480 e. The van der Waals surface area contributed by atoms with Gasteiger partial charge in [-0.1, -0.05) is 13.8 Å². The van der Waals surface area contributed by atoms with Gasteiger partial charge in [0.1, 0.15) is 6.04 Å². The fourth-order valence-corrected chi connectivity index (χ4v) is 4.27. The molecule has 7 nitrogen and oxygen atoms in total. The molecule has 0 aliphatic carbocycles. The van der Waals surface area contributed by atoms with Gasteiger partial charge in [-0.05, 0) is 5.92 Å². The molecule has 0 aromatic carbocycles. The van der Waals surface area contributed by atoms with Crippen LogP contribution in [-0.2, 0) is 24.7 Å². The summed E-state index contributed by atoms with van der Waals surface area (Å²) in [4.78, 5) is 10.7. The fourth-order valence-electron chi connectivity index (χ4n) is 0.981. The van der Waals surface area contributed by atoms with Crippen LogP contribution in [0.3, 0.4) is 0 Å². The highest BCUT2D eigenvalue weighted by Gasteiger charge is 2.28. The average Bonchev–Trinajstić information content (AvgIpc) is 1.94. The minimum atomic E-state index is -4.15. The maximum atomic E-state index is 11.3. The number of carboxylic acids is 1. The SMILES string of the molecule is CC(C)[C@H](NS(=O)(=O)CS(C)(=O)=O)C(=O)O. The molecule has 0 aliphatic rings. The molecule has 0 bridgehead atoms. The van der Waals surface area contributed by atoms with Crippen LogP contribution in [0.1, 0.15) is 13.8 Å². The third-order valence-corrected chi connectivity index (χ3v) is 5.18. The normalized spacial score (nSPS) is 15.0. The van der Waals surface area contributed by atoms with Crippen LogP contribution in [0.15, 0.2) is 0 Å². The van der Waals surface area contributed by atoms with Crippen LogP contribution in [0, 0.1) is 5.92 Å². The predicted octanol–water partition coefficient (Wildman–Crippen LogP) is -0.983. The zero-order valence-electron chi connectivity index (χ0n) is 9.17. The van der Waals surface area contributed by atoms with Gasteiger partial charge in [0.05, 0.1) is 0 Å². The van der Waals surface area contributed by atoms with Crippen LogP contribution in [0.25, 0.3) is 0 Å².